The van der Waals surface area contributed by atoms with Crippen molar-refractivity contribution < 1.29 is 14.3 Å². The Morgan fingerprint density at radius 1 is 1.26 bits per heavy atom. The number of amides is 1. The first-order chi connectivity index (χ1) is 13.2. The van der Waals surface area contributed by atoms with Gasteiger partial charge in [-0.3, -0.25) is 4.79 Å². The first-order valence-corrected chi connectivity index (χ1v) is 8.31. The number of aromatic nitrogens is 4. The second kappa shape index (κ2) is 7.42. The van der Waals surface area contributed by atoms with Crippen molar-refractivity contribution in [1.82, 2.24) is 25.6 Å². The van der Waals surface area contributed by atoms with E-state index in [-0.39, 0.29) is 13.3 Å². The maximum Gasteiger partial charge on any atom is 0.263 e. The minimum atomic E-state index is -0.403. The normalized spacial score (nSPS) is 12.5. The van der Waals surface area contributed by atoms with E-state index in [0.717, 1.165) is 5.56 Å². The third-order valence-corrected chi connectivity index (χ3v) is 3.98. The number of halogens is 1. The molecule has 3 aromatic rings. The van der Waals surface area contributed by atoms with Gasteiger partial charge in [0, 0.05) is 17.2 Å². The van der Waals surface area contributed by atoms with Crippen LogP contribution in [0.4, 0.5) is 0 Å². The highest BCUT2D eigenvalue weighted by Crippen LogP contribution is 2.36. The lowest BCUT2D eigenvalue weighted by molar-refractivity contribution is -0.122. The zero-order valence-corrected chi connectivity index (χ0v) is 14.6. The van der Waals surface area contributed by atoms with Crippen molar-refractivity contribution >= 4 is 23.7 Å². The van der Waals surface area contributed by atoms with E-state index in [9.17, 15) is 4.79 Å². The van der Waals surface area contributed by atoms with E-state index in [1.54, 1.807) is 12.1 Å². The van der Waals surface area contributed by atoms with Crippen molar-refractivity contribution in [2.75, 3.05) is 6.79 Å². The summed E-state index contributed by atoms with van der Waals surface area (Å²) in [5.74, 6) is 1.19. The quantitative estimate of drug-likeness (QED) is 0.532. The largest absolute Gasteiger partial charge is 0.454 e. The van der Waals surface area contributed by atoms with E-state index in [1.165, 1.54) is 11.0 Å². The van der Waals surface area contributed by atoms with Gasteiger partial charge in [-0.25, -0.2) is 5.43 Å². The van der Waals surface area contributed by atoms with Crippen LogP contribution in [0.5, 0.6) is 11.5 Å². The van der Waals surface area contributed by atoms with Crippen LogP contribution in [0.2, 0.25) is 5.02 Å². The van der Waals surface area contributed by atoms with Crippen molar-refractivity contribution in [3.05, 3.63) is 53.1 Å². The minimum absolute atomic E-state index is 0.119. The van der Waals surface area contributed by atoms with Crippen LogP contribution in [0, 0.1) is 0 Å². The van der Waals surface area contributed by atoms with Crippen LogP contribution in [0.3, 0.4) is 0 Å². The van der Waals surface area contributed by atoms with Gasteiger partial charge < -0.3 is 9.47 Å². The van der Waals surface area contributed by atoms with Gasteiger partial charge in [-0.2, -0.15) is 9.90 Å². The summed E-state index contributed by atoms with van der Waals surface area (Å²) in [6.07, 6.45) is 1.42. The lowest BCUT2D eigenvalue weighted by atomic mass is 10.2. The number of tetrazole rings is 1. The number of rotatable bonds is 5. The third-order valence-electron chi connectivity index (χ3n) is 3.65. The standard InChI is InChI=1S/C17H13ClN6O3/c18-13-7-15-14(26-10-27-15)6-12(13)8-19-20-16(25)9-24-22-17(21-23-24)11-4-2-1-3-5-11/h1-8H,9-10H2,(H,20,25)/b19-8-. The van der Waals surface area contributed by atoms with Crippen LogP contribution in [-0.2, 0) is 11.3 Å². The highest BCUT2D eigenvalue weighted by molar-refractivity contribution is 6.33. The first-order valence-electron chi connectivity index (χ1n) is 7.93. The predicted octanol–water partition coefficient (Wildman–Crippen LogP) is 1.87. The summed E-state index contributed by atoms with van der Waals surface area (Å²) >= 11 is 6.14. The molecule has 9 nitrogen and oxygen atoms in total. The molecule has 0 aliphatic carbocycles. The maximum absolute atomic E-state index is 12.0. The molecule has 2 heterocycles. The van der Waals surface area contributed by atoms with Crippen molar-refractivity contribution in [3.8, 4) is 22.9 Å². The molecule has 10 heteroatoms. The van der Waals surface area contributed by atoms with Crippen LogP contribution in [-0.4, -0.2) is 39.1 Å². The van der Waals surface area contributed by atoms with Crippen LogP contribution in [0.15, 0.2) is 47.6 Å². The molecular weight excluding hydrogens is 372 g/mol. The molecular formula is C17H13ClN6O3. The summed E-state index contributed by atoms with van der Waals surface area (Å²) in [6, 6.07) is 12.7. The SMILES string of the molecule is O=C(Cn1nnc(-c2ccccc2)n1)N/N=C\c1cc2c(cc1Cl)OCO2. The molecule has 136 valence electrons. The smallest absolute Gasteiger partial charge is 0.263 e. The molecule has 27 heavy (non-hydrogen) atoms. The Balaban J connectivity index is 1.36. The van der Waals surface area contributed by atoms with E-state index < -0.39 is 5.91 Å². The lowest BCUT2D eigenvalue weighted by Crippen LogP contribution is -2.24. The number of carbonyl (C=O) groups excluding carboxylic acids is 1. The average molecular weight is 385 g/mol. The monoisotopic (exact) mass is 384 g/mol. The molecule has 0 saturated heterocycles. The Morgan fingerprint density at radius 3 is 2.85 bits per heavy atom. The molecule has 0 bridgehead atoms. The number of hydrogen-bond donors (Lipinski definition) is 1. The maximum atomic E-state index is 12.0. The van der Waals surface area contributed by atoms with Crippen molar-refractivity contribution in [2.45, 2.75) is 6.54 Å². The number of hydrazone groups is 1. The Bertz CT molecular complexity index is 1010. The fourth-order valence-electron chi connectivity index (χ4n) is 2.38. The molecule has 0 spiro atoms. The van der Waals surface area contributed by atoms with Crippen molar-refractivity contribution in [1.29, 1.82) is 0 Å². The fourth-order valence-corrected chi connectivity index (χ4v) is 2.58. The van der Waals surface area contributed by atoms with E-state index in [1.807, 2.05) is 30.3 Å². The molecule has 1 amide bonds. The molecule has 0 radical (unpaired) electrons. The van der Waals surface area contributed by atoms with Gasteiger partial charge in [0.1, 0.15) is 6.54 Å². The summed E-state index contributed by atoms with van der Waals surface area (Å²) in [7, 11) is 0. The zero-order chi connectivity index (χ0) is 18.6. The fraction of sp³-hybridized carbons (Fsp3) is 0.118. The molecule has 1 aromatic heterocycles. The predicted molar refractivity (Wildman–Crippen MR) is 96.6 cm³/mol. The van der Waals surface area contributed by atoms with Crippen molar-refractivity contribution in [3.63, 3.8) is 0 Å². The number of carbonyl (C=O) groups is 1. The second-order valence-corrected chi connectivity index (χ2v) is 5.94. The van der Waals surface area contributed by atoms with Gasteiger partial charge in [-0.15, -0.1) is 10.2 Å². The van der Waals surface area contributed by atoms with Crippen LogP contribution >= 0.6 is 11.6 Å². The molecule has 1 aliphatic heterocycles. The van der Waals surface area contributed by atoms with E-state index in [0.29, 0.717) is 27.9 Å². The summed E-state index contributed by atoms with van der Waals surface area (Å²) in [5, 5.41) is 16.3. The number of nitrogens with one attached hydrogen (secondary N) is 1. The average Bonchev–Trinajstić information content (AvgIpc) is 3.32. The Morgan fingerprint density at radius 2 is 2.04 bits per heavy atom. The van der Waals surface area contributed by atoms with Gasteiger partial charge in [0.15, 0.2) is 11.5 Å². The molecule has 0 fully saturated rings. The molecule has 0 unspecified atom stereocenters. The lowest BCUT2D eigenvalue weighted by Gasteiger charge is -2.01. The summed E-state index contributed by atoms with van der Waals surface area (Å²) in [6.45, 7) is 0.0327. The Labute approximate surface area is 158 Å². The zero-order valence-electron chi connectivity index (χ0n) is 13.9. The van der Waals surface area contributed by atoms with Gasteiger partial charge in [-0.1, -0.05) is 41.9 Å². The van der Waals surface area contributed by atoms with Crippen LogP contribution in [0.1, 0.15) is 5.56 Å². The van der Waals surface area contributed by atoms with E-state index in [4.69, 9.17) is 21.1 Å². The summed E-state index contributed by atoms with van der Waals surface area (Å²) in [5.41, 5.74) is 3.80. The number of ether oxygens (including phenoxy) is 2. The van der Waals surface area contributed by atoms with Gasteiger partial charge in [-0.05, 0) is 11.3 Å². The van der Waals surface area contributed by atoms with Gasteiger partial charge in [0.05, 0.1) is 11.2 Å². The summed E-state index contributed by atoms with van der Waals surface area (Å²) in [4.78, 5) is 13.2. The highest BCUT2D eigenvalue weighted by Gasteiger charge is 2.15. The van der Waals surface area contributed by atoms with E-state index in [2.05, 4.69) is 25.9 Å². The second-order valence-electron chi connectivity index (χ2n) is 5.53. The molecule has 0 saturated carbocycles. The molecule has 2 aromatic carbocycles. The topological polar surface area (TPSA) is 104 Å². The Kier molecular flexibility index (Phi) is 4.67. The van der Waals surface area contributed by atoms with Gasteiger partial charge in [0.25, 0.3) is 5.91 Å². The van der Waals surface area contributed by atoms with Gasteiger partial charge >= 0.3 is 0 Å². The van der Waals surface area contributed by atoms with Crippen molar-refractivity contribution in [2.24, 2.45) is 5.10 Å². The highest BCUT2D eigenvalue weighted by atomic mass is 35.5. The molecule has 0 atom stereocenters. The van der Waals surface area contributed by atoms with E-state index >= 15 is 0 Å². The Hall–Kier alpha value is -3.46. The summed E-state index contributed by atoms with van der Waals surface area (Å²) < 4.78 is 10.5. The molecule has 1 aliphatic rings. The number of benzene rings is 2. The third kappa shape index (κ3) is 3.87. The molecule has 1 N–H and O–H groups in total. The van der Waals surface area contributed by atoms with Crippen LogP contribution < -0.4 is 14.9 Å². The van der Waals surface area contributed by atoms with Gasteiger partial charge in [0.2, 0.25) is 12.6 Å². The minimum Gasteiger partial charge on any atom is -0.454 e. The number of nitrogens with zero attached hydrogens (tertiary/aromatic N) is 5. The van der Waals surface area contributed by atoms with Crippen LogP contribution in [0.25, 0.3) is 11.4 Å². The molecule has 4 rings (SSSR count). The first kappa shape index (κ1) is 17.0. The number of hydrogen-bond acceptors (Lipinski definition) is 7. The number of fused-ring (bicyclic) bond motifs is 1.